The van der Waals surface area contributed by atoms with Crippen molar-refractivity contribution in [2.24, 2.45) is 0 Å². The van der Waals surface area contributed by atoms with Crippen molar-refractivity contribution in [1.82, 2.24) is 0 Å². The molecular formula is C13H15NO. The average Bonchev–Trinajstić information content (AvgIpc) is 2.16. The second-order valence-corrected chi connectivity index (χ2v) is 4.06. The maximum Gasteiger partial charge on any atom is 0.105 e. The summed E-state index contributed by atoms with van der Waals surface area (Å²) in [6, 6.07) is 9.09. The van der Waals surface area contributed by atoms with E-state index in [1.807, 2.05) is 19.9 Å². The Morgan fingerprint density at radius 1 is 1.47 bits per heavy atom. The molecule has 2 heteroatoms. The van der Waals surface area contributed by atoms with E-state index < -0.39 is 5.60 Å². The minimum absolute atomic E-state index is 0.565. The minimum atomic E-state index is -1.01. The Morgan fingerprint density at radius 2 is 2.13 bits per heavy atom. The van der Waals surface area contributed by atoms with Gasteiger partial charge in [0.15, 0.2) is 0 Å². The Labute approximate surface area is 90.5 Å². The summed E-state index contributed by atoms with van der Waals surface area (Å²) in [4.78, 5) is 0. The van der Waals surface area contributed by atoms with Crippen LogP contribution < -0.4 is 0 Å². The summed E-state index contributed by atoms with van der Waals surface area (Å²) < 4.78 is 0. The van der Waals surface area contributed by atoms with Gasteiger partial charge in [0, 0.05) is 0 Å². The molecule has 0 heterocycles. The van der Waals surface area contributed by atoms with Crippen molar-refractivity contribution in [3.63, 3.8) is 0 Å². The molecule has 1 atom stereocenters. The molecule has 0 fully saturated rings. The van der Waals surface area contributed by atoms with Crippen LogP contribution in [0.3, 0.4) is 0 Å². The first kappa shape index (κ1) is 11.5. The number of rotatable bonds is 2. The Balaban J connectivity index is 3.16. The van der Waals surface area contributed by atoms with Crippen LogP contribution in [0.5, 0.6) is 0 Å². The van der Waals surface area contributed by atoms with Gasteiger partial charge in [-0.2, -0.15) is 5.26 Å². The second-order valence-electron chi connectivity index (χ2n) is 4.06. The van der Waals surface area contributed by atoms with Crippen LogP contribution in [0, 0.1) is 11.3 Å². The van der Waals surface area contributed by atoms with Gasteiger partial charge in [-0.25, -0.2) is 0 Å². The summed E-state index contributed by atoms with van der Waals surface area (Å²) in [5.41, 5.74) is 1.34. The van der Waals surface area contributed by atoms with E-state index in [1.54, 1.807) is 31.2 Å². The van der Waals surface area contributed by atoms with Crippen molar-refractivity contribution in [3.05, 3.63) is 47.0 Å². The zero-order valence-corrected chi connectivity index (χ0v) is 9.28. The molecule has 78 valence electrons. The van der Waals surface area contributed by atoms with E-state index in [1.165, 1.54) is 0 Å². The molecule has 0 aliphatic heterocycles. The van der Waals surface area contributed by atoms with Crippen molar-refractivity contribution < 1.29 is 5.11 Å². The van der Waals surface area contributed by atoms with E-state index in [2.05, 4.69) is 6.07 Å². The lowest BCUT2D eigenvalue weighted by Crippen LogP contribution is -2.18. The Morgan fingerprint density at radius 3 is 2.67 bits per heavy atom. The fourth-order valence-electron chi connectivity index (χ4n) is 1.55. The zero-order valence-electron chi connectivity index (χ0n) is 9.28. The SMILES string of the molecule is CC(C)=CC(C)(O)c1cccc(C#N)c1. The average molecular weight is 201 g/mol. The highest BCUT2D eigenvalue weighted by Gasteiger charge is 2.19. The van der Waals surface area contributed by atoms with E-state index in [-0.39, 0.29) is 0 Å². The highest BCUT2D eigenvalue weighted by atomic mass is 16.3. The number of allylic oxidation sites excluding steroid dienone is 1. The Kier molecular flexibility index (Phi) is 3.28. The van der Waals surface area contributed by atoms with Crippen molar-refractivity contribution >= 4 is 0 Å². The van der Waals surface area contributed by atoms with Crippen LogP contribution in [0.1, 0.15) is 31.9 Å². The third kappa shape index (κ3) is 2.93. The van der Waals surface area contributed by atoms with Gasteiger partial charge >= 0.3 is 0 Å². The third-order valence-corrected chi connectivity index (χ3v) is 2.15. The first-order valence-corrected chi connectivity index (χ1v) is 4.85. The van der Waals surface area contributed by atoms with Gasteiger partial charge in [-0.15, -0.1) is 0 Å². The van der Waals surface area contributed by atoms with Crippen LogP contribution in [0.4, 0.5) is 0 Å². The van der Waals surface area contributed by atoms with Crippen LogP contribution in [-0.4, -0.2) is 5.11 Å². The second kappa shape index (κ2) is 4.29. The van der Waals surface area contributed by atoms with Crippen LogP contribution in [0.15, 0.2) is 35.9 Å². The van der Waals surface area contributed by atoms with E-state index in [0.717, 1.165) is 11.1 Å². The molecule has 0 aliphatic rings. The fourth-order valence-corrected chi connectivity index (χ4v) is 1.55. The molecule has 1 N–H and O–H groups in total. The molecule has 0 bridgehead atoms. The Hall–Kier alpha value is -1.59. The summed E-state index contributed by atoms with van der Waals surface area (Å²) in [5, 5.41) is 19.0. The number of nitrogens with zero attached hydrogens (tertiary/aromatic N) is 1. The number of nitriles is 1. The van der Waals surface area contributed by atoms with E-state index in [0.29, 0.717) is 5.56 Å². The molecule has 1 unspecified atom stereocenters. The molecule has 0 radical (unpaired) electrons. The minimum Gasteiger partial charge on any atom is -0.381 e. The zero-order chi connectivity index (χ0) is 11.5. The summed E-state index contributed by atoms with van der Waals surface area (Å²) in [7, 11) is 0. The normalized spacial score (nSPS) is 13.8. The summed E-state index contributed by atoms with van der Waals surface area (Å²) in [5.74, 6) is 0. The summed E-state index contributed by atoms with van der Waals surface area (Å²) in [6.07, 6.45) is 1.78. The monoisotopic (exact) mass is 201 g/mol. The molecule has 0 saturated heterocycles. The lowest BCUT2D eigenvalue weighted by Gasteiger charge is -2.20. The van der Waals surface area contributed by atoms with Crippen LogP contribution in [0.2, 0.25) is 0 Å². The predicted molar refractivity (Wildman–Crippen MR) is 60.2 cm³/mol. The smallest absolute Gasteiger partial charge is 0.105 e. The van der Waals surface area contributed by atoms with Gasteiger partial charge in [0.25, 0.3) is 0 Å². The topological polar surface area (TPSA) is 44.0 Å². The summed E-state index contributed by atoms with van der Waals surface area (Å²) >= 11 is 0. The van der Waals surface area contributed by atoms with Crippen LogP contribution >= 0.6 is 0 Å². The number of hydrogen-bond donors (Lipinski definition) is 1. The maximum absolute atomic E-state index is 10.2. The number of hydrogen-bond acceptors (Lipinski definition) is 2. The molecule has 1 aromatic rings. The Bertz CT molecular complexity index is 420. The van der Waals surface area contributed by atoms with Crippen molar-refractivity contribution in [3.8, 4) is 6.07 Å². The predicted octanol–water partition coefficient (Wildman–Crippen LogP) is 2.73. The summed E-state index contributed by atoms with van der Waals surface area (Å²) in [6.45, 7) is 5.59. The highest BCUT2D eigenvalue weighted by molar-refractivity contribution is 5.37. The van der Waals surface area contributed by atoms with E-state index >= 15 is 0 Å². The standard InChI is InChI=1S/C13H15NO/c1-10(2)8-13(3,15)12-6-4-5-11(7-12)9-14/h4-8,15H,1-3H3. The van der Waals surface area contributed by atoms with E-state index in [9.17, 15) is 5.11 Å². The highest BCUT2D eigenvalue weighted by Crippen LogP contribution is 2.24. The lowest BCUT2D eigenvalue weighted by molar-refractivity contribution is 0.110. The molecule has 0 spiro atoms. The lowest BCUT2D eigenvalue weighted by atomic mass is 9.93. The largest absolute Gasteiger partial charge is 0.381 e. The molecule has 2 nitrogen and oxygen atoms in total. The quantitative estimate of drug-likeness (QED) is 0.748. The van der Waals surface area contributed by atoms with Crippen LogP contribution in [-0.2, 0) is 5.60 Å². The molecule has 15 heavy (non-hydrogen) atoms. The van der Waals surface area contributed by atoms with Gasteiger partial charge in [-0.1, -0.05) is 23.8 Å². The maximum atomic E-state index is 10.2. The fraction of sp³-hybridized carbons (Fsp3) is 0.308. The molecule has 0 saturated carbocycles. The van der Waals surface area contributed by atoms with Gasteiger partial charge in [0.1, 0.15) is 5.60 Å². The van der Waals surface area contributed by atoms with Gasteiger partial charge in [0.2, 0.25) is 0 Å². The first-order valence-electron chi connectivity index (χ1n) is 4.85. The molecule has 0 amide bonds. The third-order valence-electron chi connectivity index (χ3n) is 2.15. The molecule has 0 aromatic heterocycles. The van der Waals surface area contributed by atoms with Crippen molar-refractivity contribution in [1.29, 1.82) is 5.26 Å². The van der Waals surface area contributed by atoms with Crippen LogP contribution in [0.25, 0.3) is 0 Å². The van der Waals surface area contributed by atoms with Gasteiger partial charge in [-0.05, 0) is 38.5 Å². The van der Waals surface area contributed by atoms with E-state index in [4.69, 9.17) is 5.26 Å². The molecule has 0 aliphatic carbocycles. The van der Waals surface area contributed by atoms with Crippen molar-refractivity contribution in [2.45, 2.75) is 26.4 Å². The van der Waals surface area contributed by atoms with Gasteiger partial charge < -0.3 is 5.11 Å². The number of benzene rings is 1. The molecular weight excluding hydrogens is 186 g/mol. The number of aliphatic hydroxyl groups is 1. The molecule has 1 aromatic carbocycles. The molecule has 1 rings (SSSR count). The van der Waals surface area contributed by atoms with Gasteiger partial charge in [-0.3, -0.25) is 0 Å². The van der Waals surface area contributed by atoms with Gasteiger partial charge in [0.05, 0.1) is 11.6 Å². The van der Waals surface area contributed by atoms with Crippen molar-refractivity contribution in [2.75, 3.05) is 0 Å². The first-order chi connectivity index (χ1) is 6.95.